The highest BCUT2D eigenvalue weighted by Gasteiger charge is 2.33. The normalized spacial score (nSPS) is 25.7. The summed E-state index contributed by atoms with van der Waals surface area (Å²) in [6.45, 7) is 10.5. The van der Waals surface area contributed by atoms with E-state index in [1.54, 1.807) is 0 Å². The Morgan fingerprint density at radius 3 is 2.57 bits per heavy atom. The first-order chi connectivity index (χ1) is 9.93. The Balaban J connectivity index is 2.27. The highest BCUT2D eigenvalue weighted by atomic mass is 16.5. The lowest BCUT2D eigenvalue weighted by molar-refractivity contribution is 0.0416. The van der Waals surface area contributed by atoms with Crippen molar-refractivity contribution in [1.29, 1.82) is 5.26 Å². The Bertz CT molecular complexity index is 548. The average molecular weight is 287 g/mol. The third-order valence-electron chi connectivity index (χ3n) is 4.76. The molecule has 1 saturated carbocycles. The summed E-state index contributed by atoms with van der Waals surface area (Å²) in [6, 6.07) is 2.22. The van der Waals surface area contributed by atoms with E-state index in [9.17, 15) is 5.26 Å². The van der Waals surface area contributed by atoms with Crippen LogP contribution in [-0.4, -0.2) is 16.3 Å². The summed E-state index contributed by atoms with van der Waals surface area (Å²) < 4.78 is 6.16. The maximum atomic E-state index is 9.38. The number of aromatic nitrogens is 2. The van der Waals surface area contributed by atoms with Crippen LogP contribution in [0.1, 0.15) is 56.9 Å². The van der Waals surface area contributed by atoms with Gasteiger partial charge in [0.2, 0.25) is 0 Å². The van der Waals surface area contributed by atoms with E-state index in [4.69, 9.17) is 4.74 Å². The highest BCUT2D eigenvalue weighted by Crippen LogP contribution is 2.36. The summed E-state index contributed by atoms with van der Waals surface area (Å²) in [6.07, 6.45) is 3.61. The highest BCUT2D eigenvalue weighted by molar-refractivity contribution is 5.45. The quantitative estimate of drug-likeness (QED) is 0.848. The molecule has 1 heterocycles. The van der Waals surface area contributed by atoms with Crippen LogP contribution >= 0.6 is 0 Å². The van der Waals surface area contributed by atoms with Gasteiger partial charge in [0.05, 0.1) is 5.69 Å². The van der Waals surface area contributed by atoms with Gasteiger partial charge in [0.15, 0.2) is 0 Å². The Labute approximate surface area is 127 Å². The summed E-state index contributed by atoms with van der Waals surface area (Å²) in [5, 5.41) is 17.6. The van der Waals surface area contributed by atoms with Crippen LogP contribution in [-0.2, 0) is 0 Å². The third-order valence-corrected chi connectivity index (χ3v) is 4.76. The first-order valence-corrected chi connectivity index (χ1v) is 7.84. The SMILES string of the molecule is Cc1nnc(OC2CC(C)CCC2C(C)C)c(C#N)c1C. The van der Waals surface area contributed by atoms with Crippen LogP contribution in [0.25, 0.3) is 0 Å². The van der Waals surface area contributed by atoms with Crippen LogP contribution in [0.2, 0.25) is 0 Å². The molecule has 0 amide bonds. The van der Waals surface area contributed by atoms with Gasteiger partial charge in [-0.15, -0.1) is 5.10 Å². The lowest BCUT2D eigenvalue weighted by Crippen LogP contribution is -2.36. The molecule has 1 fully saturated rings. The van der Waals surface area contributed by atoms with E-state index in [1.165, 1.54) is 12.8 Å². The van der Waals surface area contributed by atoms with Crippen molar-refractivity contribution in [2.45, 2.75) is 60.0 Å². The van der Waals surface area contributed by atoms with Gasteiger partial charge in [-0.25, -0.2) is 0 Å². The molecule has 4 heteroatoms. The molecule has 1 aliphatic carbocycles. The second-order valence-electron chi connectivity index (χ2n) is 6.68. The van der Waals surface area contributed by atoms with Crippen LogP contribution in [0.3, 0.4) is 0 Å². The molecule has 3 unspecified atom stereocenters. The van der Waals surface area contributed by atoms with E-state index in [2.05, 4.69) is 37.0 Å². The molecule has 4 nitrogen and oxygen atoms in total. The van der Waals surface area contributed by atoms with Gasteiger partial charge in [0, 0.05) is 0 Å². The fourth-order valence-corrected chi connectivity index (χ4v) is 3.19. The molecule has 114 valence electrons. The zero-order valence-corrected chi connectivity index (χ0v) is 13.7. The van der Waals surface area contributed by atoms with Gasteiger partial charge < -0.3 is 4.74 Å². The Morgan fingerprint density at radius 2 is 1.95 bits per heavy atom. The molecule has 2 rings (SSSR count). The summed E-state index contributed by atoms with van der Waals surface area (Å²) in [5.41, 5.74) is 2.19. The second-order valence-corrected chi connectivity index (χ2v) is 6.68. The molecule has 21 heavy (non-hydrogen) atoms. The van der Waals surface area contributed by atoms with Crippen LogP contribution in [0.4, 0.5) is 0 Å². The number of nitriles is 1. The van der Waals surface area contributed by atoms with Gasteiger partial charge >= 0.3 is 0 Å². The molecular formula is C17H25N3O. The van der Waals surface area contributed by atoms with Gasteiger partial charge in [-0.1, -0.05) is 27.2 Å². The third kappa shape index (κ3) is 3.34. The lowest BCUT2D eigenvalue weighted by atomic mass is 9.75. The minimum absolute atomic E-state index is 0.136. The molecule has 0 radical (unpaired) electrons. The van der Waals surface area contributed by atoms with Gasteiger partial charge in [0.1, 0.15) is 17.7 Å². The summed E-state index contributed by atoms with van der Waals surface area (Å²) in [5.74, 6) is 2.17. The molecule has 1 aromatic heterocycles. The van der Waals surface area contributed by atoms with Crippen molar-refractivity contribution >= 4 is 0 Å². The number of ether oxygens (including phenoxy) is 1. The summed E-state index contributed by atoms with van der Waals surface area (Å²) in [4.78, 5) is 0. The Morgan fingerprint density at radius 1 is 1.24 bits per heavy atom. The first-order valence-electron chi connectivity index (χ1n) is 7.84. The van der Waals surface area contributed by atoms with Gasteiger partial charge in [-0.3, -0.25) is 0 Å². The molecule has 0 spiro atoms. The lowest BCUT2D eigenvalue weighted by Gasteiger charge is -2.37. The van der Waals surface area contributed by atoms with Crippen molar-refractivity contribution in [2.75, 3.05) is 0 Å². The predicted octanol–water partition coefficient (Wildman–Crippen LogP) is 3.80. The number of hydrogen-bond donors (Lipinski definition) is 0. The monoisotopic (exact) mass is 287 g/mol. The average Bonchev–Trinajstić information content (AvgIpc) is 2.43. The van der Waals surface area contributed by atoms with E-state index in [0.717, 1.165) is 17.7 Å². The summed E-state index contributed by atoms with van der Waals surface area (Å²) >= 11 is 0. The molecular weight excluding hydrogens is 262 g/mol. The van der Waals surface area contributed by atoms with E-state index in [0.29, 0.717) is 29.2 Å². The van der Waals surface area contributed by atoms with Crippen LogP contribution < -0.4 is 4.74 Å². The number of aryl methyl sites for hydroxylation is 1. The first kappa shape index (κ1) is 15.8. The molecule has 3 atom stereocenters. The predicted molar refractivity (Wildman–Crippen MR) is 82.0 cm³/mol. The molecule has 0 saturated heterocycles. The van der Waals surface area contributed by atoms with Crippen molar-refractivity contribution < 1.29 is 4.74 Å². The van der Waals surface area contributed by atoms with Crippen molar-refractivity contribution in [2.24, 2.45) is 17.8 Å². The topological polar surface area (TPSA) is 58.8 Å². The van der Waals surface area contributed by atoms with E-state index >= 15 is 0 Å². The smallest absolute Gasteiger partial charge is 0.252 e. The number of nitrogens with zero attached hydrogens (tertiary/aromatic N) is 3. The fourth-order valence-electron chi connectivity index (χ4n) is 3.19. The van der Waals surface area contributed by atoms with Gasteiger partial charge in [-0.05, 0) is 50.0 Å². The van der Waals surface area contributed by atoms with Gasteiger partial charge in [0.25, 0.3) is 5.88 Å². The minimum Gasteiger partial charge on any atom is -0.472 e. The minimum atomic E-state index is 0.136. The van der Waals surface area contributed by atoms with Crippen LogP contribution in [0.15, 0.2) is 0 Å². The van der Waals surface area contributed by atoms with Crippen molar-refractivity contribution in [3.63, 3.8) is 0 Å². The number of hydrogen-bond acceptors (Lipinski definition) is 4. The standard InChI is InChI=1S/C17H25N3O/c1-10(2)14-7-6-11(3)8-16(14)21-17-15(9-18)12(4)13(5)19-20-17/h10-11,14,16H,6-8H2,1-5H3. The van der Waals surface area contributed by atoms with Crippen LogP contribution in [0.5, 0.6) is 5.88 Å². The van der Waals surface area contributed by atoms with E-state index < -0.39 is 0 Å². The van der Waals surface area contributed by atoms with Crippen molar-refractivity contribution in [3.05, 3.63) is 16.8 Å². The summed E-state index contributed by atoms with van der Waals surface area (Å²) in [7, 11) is 0. The Kier molecular flexibility index (Phi) is 4.82. The maximum Gasteiger partial charge on any atom is 0.252 e. The van der Waals surface area contributed by atoms with Crippen molar-refractivity contribution in [3.8, 4) is 11.9 Å². The second kappa shape index (κ2) is 6.43. The molecule has 0 N–H and O–H groups in total. The van der Waals surface area contributed by atoms with E-state index in [1.807, 2.05) is 13.8 Å². The zero-order chi connectivity index (χ0) is 15.6. The number of rotatable bonds is 3. The van der Waals surface area contributed by atoms with Gasteiger partial charge in [-0.2, -0.15) is 10.4 Å². The molecule has 0 bridgehead atoms. The van der Waals surface area contributed by atoms with Crippen LogP contribution in [0, 0.1) is 42.9 Å². The van der Waals surface area contributed by atoms with Crippen molar-refractivity contribution in [1.82, 2.24) is 10.2 Å². The molecule has 0 aromatic carbocycles. The molecule has 1 aromatic rings. The van der Waals surface area contributed by atoms with E-state index in [-0.39, 0.29) is 6.10 Å². The molecule has 0 aliphatic heterocycles. The zero-order valence-electron chi connectivity index (χ0n) is 13.7. The maximum absolute atomic E-state index is 9.38. The Hall–Kier alpha value is -1.63. The fraction of sp³-hybridized carbons (Fsp3) is 0.706. The molecule has 1 aliphatic rings. The largest absolute Gasteiger partial charge is 0.472 e.